The number of fused-ring (bicyclic) bond motifs is 1. The lowest BCUT2D eigenvalue weighted by atomic mass is 9.98. The van der Waals surface area contributed by atoms with Gasteiger partial charge in [-0.15, -0.1) is 5.06 Å². The molecule has 0 spiro atoms. The van der Waals surface area contributed by atoms with Crippen LogP contribution in [0.2, 0.25) is 0 Å². The van der Waals surface area contributed by atoms with Crippen LogP contribution in [0.3, 0.4) is 0 Å². The quantitative estimate of drug-likeness (QED) is 0.108. The highest BCUT2D eigenvalue weighted by molar-refractivity contribution is 7.89. The van der Waals surface area contributed by atoms with Crippen molar-refractivity contribution in [3.63, 3.8) is 0 Å². The van der Waals surface area contributed by atoms with Gasteiger partial charge in [-0.2, -0.15) is 4.72 Å². The Balaban J connectivity index is 1.32. The molecule has 16 heteroatoms. The molecule has 5 rings (SSSR count). The number of benzene rings is 3. The lowest BCUT2D eigenvalue weighted by Crippen LogP contribution is -2.53. The molecule has 5 N–H and O–H groups in total. The van der Waals surface area contributed by atoms with Gasteiger partial charge in [0, 0.05) is 39.1 Å². The number of carbonyl (C=O) groups excluding carboxylic acids is 4. The number of piperidine rings is 1. The van der Waals surface area contributed by atoms with Gasteiger partial charge in [0.05, 0.1) is 17.9 Å². The fourth-order valence-electron chi connectivity index (χ4n) is 6.11. The van der Waals surface area contributed by atoms with Crippen molar-refractivity contribution in [3.8, 4) is 0 Å². The maximum Gasteiger partial charge on any atom is 0.443 e. The molecule has 52 heavy (non-hydrogen) atoms. The number of sulfonamides is 1. The van der Waals surface area contributed by atoms with E-state index in [1.165, 1.54) is 17.0 Å². The van der Waals surface area contributed by atoms with Crippen LogP contribution in [0, 0.1) is 11.3 Å². The molecule has 15 nitrogen and oxygen atoms in total. The van der Waals surface area contributed by atoms with Gasteiger partial charge in [-0.3, -0.25) is 19.8 Å². The van der Waals surface area contributed by atoms with E-state index in [2.05, 4.69) is 10.0 Å². The van der Waals surface area contributed by atoms with Crippen LogP contribution in [-0.4, -0.2) is 97.9 Å². The molecule has 1 saturated carbocycles. The summed E-state index contributed by atoms with van der Waals surface area (Å²) < 4.78 is 35.4. The molecule has 3 amide bonds. The molecule has 3 aromatic carbocycles. The highest BCUT2D eigenvalue weighted by Crippen LogP contribution is 2.28. The van der Waals surface area contributed by atoms with Crippen molar-refractivity contribution in [2.45, 2.75) is 62.6 Å². The van der Waals surface area contributed by atoms with E-state index in [1.54, 1.807) is 47.4 Å². The summed E-state index contributed by atoms with van der Waals surface area (Å²) in [5.41, 5.74) is 6.38. The van der Waals surface area contributed by atoms with Gasteiger partial charge < -0.3 is 30.4 Å². The number of hydroxylamine groups is 2. The fraction of sp³-hybridized carbons (Fsp3) is 0.417. The van der Waals surface area contributed by atoms with E-state index in [4.69, 9.17) is 20.7 Å². The number of nitrogens with zero attached hydrogens (tertiary/aromatic N) is 3. The van der Waals surface area contributed by atoms with Crippen LogP contribution in [0.4, 0.5) is 4.79 Å². The molecule has 2 aliphatic rings. The van der Waals surface area contributed by atoms with Crippen molar-refractivity contribution in [1.82, 2.24) is 24.9 Å². The first-order valence-corrected chi connectivity index (χ1v) is 18.7. The molecule has 1 aliphatic heterocycles. The summed E-state index contributed by atoms with van der Waals surface area (Å²) in [6.45, 7) is 2.07. The number of guanidine groups is 1. The van der Waals surface area contributed by atoms with Gasteiger partial charge in [-0.1, -0.05) is 60.7 Å². The zero-order chi connectivity index (χ0) is 37.3. The lowest BCUT2D eigenvalue weighted by molar-refractivity contribution is -0.180. The van der Waals surface area contributed by atoms with Crippen LogP contribution in [0.1, 0.15) is 44.6 Å². The van der Waals surface area contributed by atoms with Gasteiger partial charge in [-0.25, -0.2) is 13.2 Å². The molecule has 2 atom stereocenters. The minimum absolute atomic E-state index is 0.0157. The average Bonchev–Trinajstić information content (AvgIpc) is 3.98. The number of rotatable bonds is 14. The topological polar surface area (TPSA) is 205 Å². The normalized spacial score (nSPS) is 16.4. The first kappa shape index (κ1) is 38.0. The van der Waals surface area contributed by atoms with Crippen molar-refractivity contribution in [3.05, 3.63) is 78.4 Å². The standard InChI is InChI=1S/C36H45N7O8S/c1-25(44)51-43(36(47)50-24-26-8-3-2-4-9-26)19-18-42(30-14-15-30)34(46)32(21-33(45)39-22-27-10-7-17-41(23-27)35(37)38)40-52(48,49)31-16-13-28-11-5-6-12-29(28)20-31/h2-6,8-9,11-13,16,20,27,30,32,40H,7,10,14-15,17-19,21-24H2,1H3,(H3,37,38)(H,39,45)/t27-,32-/m0/s1. The van der Waals surface area contributed by atoms with Crippen LogP contribution >= 0.6 is 0 Å². The Morgan fingerprint density at radius 2 is 1.69 bits per heavy atom. The molecule has 2 fully saturated rings. The summed E-state index contributed by atoms with van der Waals surface area (Å²) in [6.07, 6.45) is 1.42. The minimum Gasteiger partial charge on any atom is -0.442 e. The van der Waals surface area contributed by atoms with Crippen molar-refractivity contribution in [2.75, 3.05) is 32.7 Å². The number of likely N-dealkylation sites (tertiary alicyclic amines) is 1. The Labute approximate surface area is 302 Å². The summed E-state index contributed by atoms with van der Waals surface area (Å²) >= 11 is 0. The molecular formula is C36H45N7O8S. The Bertz CT molecular complexity index is 1870. The highest BCUT2D eigenvalue weighted by atomic mass is 32.2. The Hall–Kier alpha value is -5.22. The summed E-state index contributed by atoms with van der Waals surface area (Å²) in [7, 11) is -4.30. The van der Waals surface area contributed by atoms with E-state index in [0.717, 1.165) is 30.2 Å². The average molecular weight is 736 g/mol. The number of nitrogens with one attached hydrogen (secondary N) is 3. The SMILES string of the molecule is CC(=O)ON(CCN(C(=O)[C@H](CC(=O)NC[C@@H]1CCCN(C(=N)N)C1)NS(=O)(=O)c1ccc2ccccc2c1)C1CC1)C(=O)OCc1ccccc1. The predicted molar refractivity (Wildman–Crippen MR) is 192 cm³/mol. The number of hydrogen-bond acceptors (Lipinski definition) is 9. The van der Waals surface area contributed by atoms with Crippen molar-refractivity contribution < 1.29 is 37.2 Å². The third kappa shape index (κ3) is 10.6. The summed E-state index contributed by atoms with van der Waals surface area (Å²) in [5, 5.41) is 12.8. The van der Waals surface area contributed by atoms with Gasteiger partial charge >= 0.3 is 12.1 Å². The number of ether oxygens (including phenoxy) is 1. The van der Waals surface area contributed by atoms with Gasteiger partial charge in [0.25, 0.3) is 0 Å². The van der Waals surface area contributed by atoms with Crippen LogP contribution in [0.5, 0.6) is 0 Å². The van der Waals surface area contributed by atoms with E-state index in [0.29, 0.717) is 36.9 Å². The number of hydrogen-bond donors (Lipinski definition) is 4. The number of carbonyl (C=O) groups is 4. The molecule has 0 bridgehead atoms. The maximum atomic E-state index is 14.3. The van der Waals surface area contributed by atoms with E-state index in [1.807, 2.05) is 18.2 Å². The molecule has 1 aliphatic carbocycles. The van der Waals surface area contributed by atoms with Crippen LogP contribution in [-0.2, 0) is 40.6 Å². The summed E-state index contributed by atoms with van der Waals surface area (Å²) in [6, 6.07) is 19.0. The third-order valence-electron chi connectivity index (χ3n) is 8.93. The fourth-order valence-corrected chi connectivity index (χ4v) is 7.34. The second kappa shape index (κ2) is 17.3. The maximum absolute atomic E-state index is 14.3. The van der Waals surface area contributed by atoms with Crippen molar-refractivity contribution in [1.29, 1.82) is 5.41 Å². The van der Waals surface area contributed by atoms with E-state index >= 15 is 0 Å². The van der Waals surface area contributed by atoms with E-state index in [9.17, 15) is 27.6 Å². The zero-order valence-electron chi connectivity index (χ0n) is 29.0. The smallest absolute Gasteiger partial charge is 0.442 e. The monoisotopic (exact) mass is 735 g/mol. The molecule has 0 unspecified atom stereocenters. The lowest BCUT2D eigenvalue weighted by Gasteiger charge is -2.33. The molecule has 278 valence electrons. The van der Waals surface area contributed by atoms with Gasteiger partial charge in [0.1, 0.15) is 12.6 Å². The number of nitrogens with two attached hydrogens (primary N) is 1. The van der Waals surface area contributed by atoms with Crippen molar-refractivity contribution >= 4 is 50.6 Å². The van der Waals surface area contributed by atoms with E-state index < -0.39 is 46.4 Å². The number of amides is 3. The largest absolute Gasteiger partial charge is 0.443 e. The van der Waals surface area contributed by atoms with Crippen molar-refractivity contribution in [2.24, 2.45) is 11.7 Å². The Morgan fingerprint density at radius 1 is 0.981 bits per heavy atom. The van der Waals surface area contributed by atoms with E-state index in [-0.39, 0.29) is 49.1 Å². The summed E-state index contributed by atoms with van der Waals surface area (Å²) in [4.78, 5) is 60.7. The Kier molecular flexibility index (Phi) is 12.7. The van der Waals surface area contributed by atoms with Crippen LogP contribution < -0.4 is 15.8 Å². The first-order valence-electron chi connectivity index (χ1n) is 17.2. The molecule has 0 radical (unpaired) electrons. The highest BCUT2D eigenvalue weighted by Gasteiger charge is 2.39. The van der Waals surface area contributed by atoms with Gasteiger partial charge in [-0.05, 0) is 60.1 Å². The van der Waals surface area contributed by atoms with Crippen LogP contribution in [0.25, 0.3) is 10.8 Å². The first-order chi connectivity index (χ1) is 24.9. The Morgan fingerprint density at radius 3 is 2.38 bits per heavy atom. The minimum atomic E-state index is -4.30. The molecule has 1 heterocycles. The third-order valence-corrected chi connectivity index (χ3v) is 10.4. The summed E-state index contributed by atoms with van der Waals surface area (Å²) in [5.74, 6) is -2.00. The molecular weight excluding hydrogens is 691 g/mol. The van der Waals surface area contributed by atoms with Crippen LogP contribution in [0.15, 0.2) is 77.7 Å². The molecule has 0 aromatic heterocycles. The second-order valence-corrected chi connectivity index (χ2v) is 14.7. The zero-order valence-corrected chi connectivity index (χ0v) is 29.8. The molecule has 3 aromatic rings. The van der Waals surface area contributed by atoms with Gasteiger partial charge in [0.2, 0.25) is 21.8 Å². The second-order valence-electron chi connectivity index (χ2n) is 13.0. The predicted octanol–water partition coefficient (Wildman–Crippen LogP) is 2.71. The molecule has 1 saturated heterocycles. The van der Waals surface area contributed by atoms with Gasteiger partial charge in [0.15, 0.2) is 5.96 Å².